The van der Waals surface area contributed by atoms with Gasteiger partial charge in [0.05, 0.1) is 5.69 Å². The van der Waals surface area contributed by atoms with Crippen molar-refractivity contribution in [2.24, 2.45) is 4.99 Å². The first-order valence-corrected chi connectivity index (χ1v) is 5.56. The second kappa shape index (κ2) is 4.83. The molecule has 0 radical (unpaired) electrons. The lowest BCUT2D eigenvalue weighted by molar-refractivity contribution is 0.474. The number of hydrogen-bond donors (Lipinski definition) is 1. The minimum absolute atomic E-state index is 0.251. The van der Waals surface area contributed by atoms with Crippen LogP contribution in [0, 0.1) is 13.8 Å². The molecular weight excluding hydrogens is 210 g/mol. The number of para-hydroxylation sites is 1. The van der Waals surface area contributed by atoms with Gasteiger partial charge in [-0.15, -0.1) is 0 Å². The smallest absolute Gasteiger partial charge is 0.124 e. The van der Waals surface area contributed by atoms with Crippen molar-refractivity contribution >= 4 is 11.9 Å². The summed E-state index contributed by atoms with van der Waals surface area (Å²) in [6.07, 6.45) is 1.69. The van der Waals surface area contributed by atoms with Gasteiger partial charge in [0.15, 0.2) is 0 Å². The number of hydrogen-bond acceptors (Lipinski definition) is 2. The molecule has 2 aromatic rings. The van der Waals surface area contributed by atoms with Gasteiger partial charge in [0, 0.05) is 11.8 Å². The Balaban J connectivity index is 2.29. The Kier molecular flexibility index (Phi) is 3.24. The fourth-order valence-corrected chi connectivity index (χ4v) is 1.69. The third-order valence-corrected chi connectivity index (χ3v) is 2.63. The Morgan fingerprint density at radius 1 is 1.06 bits per heavy atom. The minimum atomic E-state index is 0.251. The van der Waals surface area contributed by atoms with Crippen molar-refractivity contribution in [3.05, 3.63) is 59.2 Å². The molecule has 17 heavy (non-hydrogen) atoms. The van der Waals surface area contributed by atoms with Gasteiger partial charge in [-0.2, -0.15) is 0 Å². The lowest BCUT2D eigenvalue weighted by Gasteiger charge is -2.01. The number of phenols is 1. The molecule has 2 heteroatoms. The number of rotatable bonds is 2. The highest BCUT2D eigenvalue weighted by atomic mass is 16.3. The average molecular weight is 225 g/mol. The summed E-state index contributed by atoms with van der Waals surface area (Å²) in [6.45, 7) is 4.09. The summed E-state index contributed by atoms with van der Waals surface area (Å²) in [5.74, 6) is 0.251. The molecule has 0 spiro atoms. The lowest BCUT2D eigenvalue weighted by Crippen LogP contribution is -1.82. The molecule has 0 unspecified atom stereocenters. The fraction of sp³-hybridized carbons (Fsp3) is 0.133. The number of aromatic hydroxyl groups is 1. The van der Waals surface area contributed by atoms with Crippen LogP contribution in [0.4, 0.5) is 5.69 Å². The van der Waals surface area contributed by atoms with Gasteiger partial charge in [-0.05, 0) is 37.6 Å². The third kappa shape index (κ3) is 2.72. The summed E-state index contributed by atoms with van der Waals surface area (Å²) in [4.78, 5) is 4.39. The van der Waals surface area contributed by atoms with Crippen LogP contribution in [-0.4, -0.2) is 11.3 Å². The Labute approximate surface area is 101 Å². The number of benzene rings is 2. The molecule has 0 fully saturated rings. The second-order valence-corrected chi connectivity index (χ2v) is 4.11. The molecule has 0 saturated heterocycles. The van der Waals surface area contributed by atoms with Crippen LogP contribution in [0.3, 0.4) is 0 Å². The van der Waals surface area contributed by atoms with E-state index in [-0.39, 0.29) is 5.75 Å². The standard InChI is InChI=1S/C15H15NO/c1-11-7-8-14(12(2)9-11)16-10-13-5-3-4-6-15(13)17/h3-10,17H,1-2H3/b16-10+. The highest BCUT2D eigenvalue weighted by molar-refractivity contribution is 5.85. The first-order valence-electron chi connectivity index (χ1n) is 5.56. The van der Waals surface area contributed by atoms with Crippen molar-refractivity contribution in [1.82, 2.24) is 0 Å². The van der Waals surface area contributed by atoms with E-state index in [4.69, 9.17) is 0 Å². The summed E-state index contributed by atoms with van der Waals surface area (Å²) < 4.78 is 0. The van der Waals surface area contributed by atoms with Crippen molar-refractivity contribution in [1.29, 1.82) is 0 Å². The van der Waals surface area contributed by atoms with E-state index >= 15 is 0 Å². The van der Waals surface area contributed by atoms with Gasteiger partial charge < -0.3 is 5.11 Å². The number of nitrogens with zero attached hydrogens (tertiary/aromatic N) is 1. The van der Waals surface area contributed by atoms with Gasteiger partial charge in [-0.3, -0.25) is 4.99 Å². The predicted octanol–water partition coefficient (Wildman–Crippen LogP) is 3.76. The highest BCUT2D eigenvalue weighted by Gasteiger charge is 1.97. The molecule has 2 aromatic carbocycles. The van der Waals surface area contributed by atoms with E-state index in [0.29, 0.717) is 0 Å². The van der Waals surface area contributed by atoms with Gasteiger partial charge in [0.2, 0.25) is 0 Å². The average Bonchev–Trinajstić information content (AvgIpc) is 2.30. The molecule has 0 amide bonds. The van der Waals surface area contributed by atoms with Crippen LogP contribution in [0.15, 0.2) is 47.5 Å². The van der Waals surface area contributed by atoms with E-state index < -0.39 is 0 Å². The first kappa shape index (κ1) is 11.4. The molecule has 2 nitrogen and oxygen atoms in total. The molecule has 1 N–H and O–H groups in total. The second-order valence-electron chi connectivity index (χ2n) is 4.11. The lowest BCUT2D eigenvalue weighted by atomic mass is 10.1. The quantitative estimate of drug-likeness (QED) is 0.775. The molecule has 0 aromatic heterocycles. The van der Waals surface area contributed by atoms with Crippen molar-refractivity contribution < 1.29 is 5.11 Å². The van der Waals surface area contributed by atoms with Crippen LogP contribution in [0.1, 0.15) is 16.7 Å². The topological polar surface area (TPSA) is 32.6 Å². The van der Waals surface area contributed by atoms with Gasteiger partial charge in [0.1, 0.15) is 5.75 Å². The third-order valence-electron chi connectivity index (χ3n) is 2.63. The monoisotopic (exact) mass is 225 g/mol. The Hall–Kier alpha value is -2.09. The Bertz CT molecular complexity index is 559. The number of aryl methyl sites for hydroxylation is 2. The van der Waals surface area contributed by atoms with Crippen LogP contribution in [0.25, 0.3) is 0 Å². The first-order chi connectivity index (χ1) is 8.16. The maximum absolute atomic E-state index is 9.61. The van der Waals surface area contributed by atoms with Crippen molar-refractivity contribution in [3.63, 3.8) is 0 Å². The van der Waals surface area contributed by atoms with Crippen LogP contribution in [-0.2, 0) is 0 Å². The van der Waals surface area contributed by atoms with E-state index in [2.05, 4.69) is 18.0 Å². The summed E-state index contributed by atoms with van der Waals surface area (Å²) in [5.41, 5.74) is 4.02. The molecule has 0 aliphatic rings. The molecule has 0 atom stereocenters. The van der Waals surface area contributed by atoms with E-state index in [0.717, 1.165) is 16.8 Å². The van der Waals surface area contributed by atoms with Crippen LogP contribution >= 0.6 is 0 Å². The summed E-state index contributed by atoms with van der Waals surface area (Å²) in [5, 5.41) is 9.61. The van der Waals surface area contributed by atoms with Gasteiger partial charge in [-0.1, -0.05) is 29.8 Å². The molecular formula is C15H15NO. The fourth-order valence-electron chi connectivity index (χ4n) is 1.69. The van der Waals surface area contributed by atoms with Gasteiger partial charge in [-0.25, -0.2) is 0 Å². The maximum atomic E-state index is 9.61. The van der Waals surface area contributed by atoms with Gasteiger partial charge in [0.25, 0.3) is 0 Å². The molecule has 0 aliphatic carbocycles. The van der Waals surface area contributed by atoms with E-state index in [9.17, 15) is 5.11 Å². The van der Waals surface area contributed by atoms with Crippen LogP contribution in [0.2, 0.25) is 0 Å². The van der Waals surface area contributed by atoms with E-state index in [1.54, 1.807) is 18.3 Å². The molecule has 0 bridgehead atoms. The number of aliphatic imine (C=N–C) groups is 1. The molecule has 0 heterocycles. The summed E-state index contributed by atoms with van der Waals surface area (Å²) >= 11 is 0. The summed E-state index contributed by atoms with van der Waals surface area (Å²) in [7, 11) is 0. The molecule has 86 valence electrons. The highest BCUT2D eigenvalue weighted by Crippen LogP contribution is 2.20. The van der Waals surface area contributed by atoms with Crippen molar-refractivity contribution in [2.45, 2.75) is 13.8 Å². The molecule has 0 aliphatic heterocycles. The Morgan fingerprint density at radius 3 is 2.53 bits per heavy atom. The predicted molar refractivity (Wildman–Crippen MR) is 71.3 cm³/mol. The normalized spacial score (nSPS) is 10.9. The zero-order valence-corrected chi connectivity index (χ0v) is 10.0. The summed E-state index contributed by atoms with van der Waals surface area (Å²) in [6, 6.07) is 13.3. The van der Waals surface area contributed by atoms with E-state index in [1.165, 1.54) is 5.56 Å². The number of phenolic OH excluding ortho intramolecular Hbond substituents is 1. The van der Waals surface area contributed by atoms with E-state index in [1.807, 2.05) is 31.2 Å². The minimum Gasteiger partial charge on any atom is -0.507 e. The SMILES string of the molecule is Cc1ccc(/N=C/c2ccccc2O)c(C)c1. The molecule has 2 rings (SSSR count). The Morgan fingerprint density at radius 2 is 1.82 bits per heavy atom. The van der Waals surface area contributed by atoms with Crippen LogP contribution in [0.5, 0.6) is 5.75 Å². The maximum Gasteiger partial charge on any atom is 0.124 e. The van der Waals surface area contributed by atoms with Gasteiger partial charge >= 0.3 is 0 Å². The van der Waals surface area contributed by atoms with Crippen LogP contribution < -0.4 is 0 Å². The zero-order chi connectivity index (χ0) is 12.3. The van der Waals surface area contributed by atoms with Crippen molar-refractivity contribution in [2.75, 3.05) is 0 Å². The largest absolute Gasteiger partial charge is 0.507 e. The zero-order valence-electron chi connectivity index (χ0n) is 10.0. The molecule has 0 saturated carbocycles. The van der Waals surface area contributed by atoms with Crippen molar-refractivity contribution in [3.8, 4) is 5.75 Å².